The van der Waals surface area contributed by atoms with Crippen molar-refractivity contribution in [2.75, 3.05) is 26.2 Å². The second-order valence-electron chi connectivity index (χ2n) is 7.24. The molecular formula is C22H20N4O3. The van der Waals surface area contributed by atoms with Crippen molar-refractivity contribution in [3.05, 3.63) is 76.4 Å². The van der Waals surface area contributed by atoms with Crippen molar-refractivity contribution in [1.82, 2.24) is 19.8 Å². The number of rotatable bonds is 3. The molecule has 0 saturated carbocycles. The van der Waals surface area contributed by atoms with E-state index < -0.39 is 0 Å². The van der Waals surface area contributed by atoms with Gasteiger partial charge in [-0.1, -0.05) is 24.3 Å². The molecule has 0 atom stereocenters. The van der Waals surface area contributed by atoms with Crippen molar-refractivity contribution in [3.63, 3.8) is 0 Å². The van der Waals surface area contributed by atoms with Crippen LogP contribution in [0.1, 0.15) is 16.4 Å². The van der Waals surface area contributed by atoms with Crippen LogP contribution in [0.4, 0.5) is 0 Å². The number of aromatic nitrogens is 2. The fourth-order valence-corrected chi connectivity index (χ4v) is 3.77. The van der Waals surface area contributed by atoms with E-state index in [2.05, 4.69) is 14.9 Å². The van der Waals surface area contributed by atoms with Crippen LogP contribution < -0.4 is 5.43 Å². The molecule has 0 aliphatic carbocycles. The summed E-state index contributed by atoms with van der Waals surface area (Å²) in [6, 6.07) is 16.2. The summed E-state index contributed by atoms with van der Waals surface area (Å²) in [5.41, 5.74) is 2.23. The Balaban J connectivity index is 1.26. The zero-order valence-corrected chi connectivity index (χ0v) is 15.8. The SMILES string of the molecule is O=C(c1cc(=O)c2ccccc2o1)N1CCN(Cc2nc3ccccc3[nH]2)CC1. The normalized spacial score (nSPS) is 15.2. The first-order valence-electron chi connectivity index (χ1n) is 9.65. The van der Waals surface area contributed by atoms with E-state index in [-0.39, 0.29) is 17.1 Å². The maximum atomic E-state index is 12.8. The van der Waals surface area contributed by atoms with Gasteiger partial charge in [0.25, 0.3) is 5.91 Å². The van der Waals surface area contributed by atoms with Crippen molar-refractivity contribution in [3.8, 4) is 0 Å². The monoisotopic (exact) mass is 388 g/mol. The fourth-order valence-electron chi connectivity index (χ4n) is 3.77. The largest absolute Gasteiger partial charge is 0.451 e. The van der Waals surface area contributed by atoms with Crippen LogP contribution in [0.15, 0.2) is 63.8 Å². The minimum atomic E-state index is -0.240. The van der Waals surface area contributed by atoms with Crippen molar-refractivity contribution in [1.29, 1.82) is 0 Å². The van der Waals surface area contributed by atoms with Crippen LogP contribution in [-0.2, 0) is 6.54 Å². The smallest absolute Gasteiger partial charge is 0.289 e. The van der Waals surface area contributed by atoms with Gasteiger partial charge >= 0.3 is 0 Å². The third-order valence-electron chi connectivity index (χ3n) is 5.32. The fraction of sp³-hybridized carbons (Fsp3) is 0.227. The van der Waals surface area contributed by atoms with Gasteiger partial charge in [-0.3, -0.25) is 14.5 Å². The maximum Gasteiger partial charge on any atom is 0.289 e. The highest BCUT2D eigenvalue weighted by Gasteiger charge is 2.25. The minimum absolute atomic E-state index is 0.0967. The summed E-state index contributed by atoms with van der Waals surface area (Å²) in [4.78, 5) is 37.1. The number of carbonyl (C=O) groups is 1. The number of imidazole rings is 1. The van der Waals surface area contributed by atoms with E-state index in [1.54, 1.807) is 29.2 Å². The van der Waals surface area contributed by atoms with Crippen molar-refractivity contribution in [2.45, 2.75) is 6.54 Å². The molecule has 7 heteroatoms. The molecule has 2 aromatic heterocycles. The molecule has 1 N–H and O–H groups in total. The number of amides is 1. The Labute approximate surface area is 166 Å². The number of hydrogen-bond acceptors (Lipinski definition) is 5. The number of carbonyl (C=O) groups excluding carboxylic acids is 1. The van der Waals surface area contributed by atoms with Crippen LogP contribution >= 0.6 is 0 Å². The highest BCUT2D eigenvalue weighted by atomic mass is 16.3. The van der Waals surface area contributed by atoms with Crippen molar-refractivity contribution in [2.24, 2.45) is 0 Å². The summed E-state index contributed by atoms with van der Waals surface area (Å²) in [7, 11) is 0. The second kappa shape index (κ2) is 7.18. The van der Waals surface area contributed by atoms with Gasteiger partial charge in [0, 0.05) is 32.2 Å². The number of nitrogens with one attached hydrogen (secondary N) is 1. The van der Waals surface area contributed by atoms with E-state index >= 15 is 0 Å². The van der Waals surface area contributed by atoms with Gasteiger partial charge in [0.1, 0.15) is 11.4 Å². The van der Waals surface area contributed by atoms with Gasteiger partial charge < -0.3 is 14.3 Å². The molecule has 2 aromatic carbocycles. The average molecular weight is 388 g/mol. The quantitative estimate of drug-likeness (QED) is 0.583. The van der Waals surface area contributed by atoms with Crippen LogP contribution in [0.3, 0.4) is 0 Å². The summed E-state index contributed by atoms with van der Waals surface area (Å²) in [6.07, 6.45) is 0. The third-order valence-corrected chi connectivity index (χ3v) is 5.32. The lowest BCUT2D eigenvalue weighted by atomic mass is 10.2. The number of benzene rings is 2. The molecule has 5 rings (SSSR count). The summed E-state index contributed by atoms with van der Waals surface area (Å²) >= 11 is 0. The lowest BCUT2D eigenvalue weighted by Gasteiger charge is -2.33. The number of aromatic amines is 1. The van der Waals surface area contributed by atoms with Crippen molar-refractivity contribution >= 4 is 27.9 Å². The van der Waals surface area contributed by atoms with E-state index in [0.717, 1.165) is 29.9 Å². The molecule has 29 heavy (non-hydrogen) atoms. The number of hydrogen-bond donors (Lipinski definition) is 1. The van der Waals surface area contributed by atoms with Gasteiger partial charge in [-0.2, -0.15) is 0 Å². The number of nitrogens with zero attached hydrogens (tertiary/aromatic N) is 3. The first kappa shape index (κ1) is 17.6. The molecule has 146 valence electrons. The molecule has 0 bridgehead atoms. The van der Waals surface area contributed by atoms with Gasteiger partial charge in [-0.25, -0.2) is 4.98 Å². The highest BCUT2D eigenvalue weighted by molar-refractivity contribution is 5.93. The Bertz CT molecular complexity index is 1220. The van der Waals surface area contributed by atoms with Gasteiger partial charge in [-0.05, 0) is 24.3 Å². The van der Waals surface area contributed by atoms with E-state index in [1.807, 2.05) is 24.3 Å². The molecule has 1 fully saturated rings. The predicted molar refractivity (Wildman–Crippen MR) is 110 cm³/mol. The number of fused-ring (bicyclic) bond motifs is 2. The minimum Gasteiger partial charge on any atom is -0.451 e. The van der Waals surface area contributed by atoms with Crippen LogP contribution in [0.5, 0.6) is 0 Å². The third kappa shape index (κ3) is 3.40. The first-order chi connectivity index (χ1) is 14.2. The first-order valence-corrected chi connectivity index (χ1v) is 9.65. The highest BCUT2D eigenvalue weighted by Crippen LogP contribution is 2.16. The standard InChI is InChI=1S/C22H20N4O3/c27-18-13-20(29-19-8-4-1-5-15(18)19)22(28)26-11-9-25(10-12-26)14-21-23-16-6-2-3-7-17(16)24-21/h1-8,13H,9-12,14H2,(H,23,24). The van der Waals surface area contributed by atoms with Gasteiger partial charge in [0.15, 0.2) is 11.2 Å². The van der Waals surface area contributed by atoms with Crippen LogP contribution in [0.2, 0.25) is 0 Å². The Morgan fingerprint density at radius 2 is 1.79 bits per heavy atom. The van der Waals surface area contributed by atoms with E-state index in [1.165, 1.54) is 6.07 Å². The summed E-state index contributed by atoms with van der Waals surface area (Å²) < 4.78 is 5.69. The molecule has 1 aliphatic heterocycles. The van der Waals surface area contributed by atoms with E-state index in [0.29, 0.717) is 30.6 Å². The zero-order chi connectivity index (χ0) is 19.8. The molecule has 0 spiro atoms. The topological polar surface area (TPSA) is 82.4 Å². The summed E-state index contributed by atoms with van der Waals surface area (Å²) in [6.45, 7) is 3.34. The van der Waals surface area contributed by atoms with E-state index in [9.17, 15) is 9.59 Å². The molecular weight excluding hydrogens is 368 g/mol. The number of piperazine rings is 1. The Morgan fingerprint density at radius 1 is 1.03 bits per heavy atom. The molecule has 3 heterocycles. The Kier molecular flexibility index (Phi) is 4.37. The summed E-state index contributed by atoms with van der Waals surface area (Å²) in [5, 5.41) is 0.486. The average Bonchev–Trinajstić information content (AvgIpc) is 3.16. The summed E-state index contributed by atoms with van der Waals surface area (Å²) in [5.74, 6) is 0.780. The zero-order valence-electron chi connectivity index (χ0n) is 15.8. The Morgan fingerprint density at radius 3 is 2.62 bits per heavy atom. The van der Waals surface area contributed by atoms with Gasteiger partial charge in [0.05, 0.1) is 23.0 Å². The number of H-pyrrole nitrogens is 1. The van der Waals surface area contributed by atoms with Crippen LogP contribution in [0, 0.1) is 0 Å². The molecule has 0 radical (unpaired) electrons. The van der Waals surface area contributed by atoms with E-state index in [4.69, 9.17) is 4.42 Å². The molecule has 7 nitrogen and oxygen atoms in total. The predicted octanol–water partition coefficient (Wildman–Crippen LogP) is 2.63. The van der Waals surface area contributed by atoms with Gasteiger partial charge in [0.2, 0.25) is 0 Å². The molecule has 1 saturated heterocycles. The van der Waals surface area contributed by atoms with Crippen molar-refractivity contribution < 1.29 is 9.21 Å². The lowest BCUT2D eigenvalue weighted by Crippen LogP contribution is -2.48. The molecule has 1 amide bonds. The molecule has 0 unspecified atom stereocenters. The maximum absolute atomic E-state index is 12.8. The van der Waals surface area contributed by atoms with Crippen LogP contribution in [0.25, 0.3) is 22.0 Å². The lowest BCUT2D eigenvalue weighted by molar-refractivity contribution is 0.0596. The van der Waals surface area contributed by atoms with Crippen LogP contribution in [-0.4, -0.2) is 51.9 Å². The van der Waals surface area contributed by atoms with Gasteiger partial charge in [-0.15, -0.1) is 0 Å². The molecule has 1 aliphatic rings. The second-order valence-corrected chi connectivity index (χ2v) is 7.24. The molecule has 4 aromatic rings. The Hall–Kier alpha value is -3.45. The number of para-hydroxylation sites is 3.